The molecule has 0 aliphatic rings. The Morgan fingerprint density at radius 3 is 2.48 bits per heavy atom. The van der Waals surface area contributed by atoms with Crippen molar-refractivity contribution in [2.24, 2.45) is 5.73 Å². The Labute approximate surface area is 132 Å². The topological polar surface area (TPSA) is 58.4 Å². The maximum Gasteiger partial charge on any atom is 0.236 e. The Hall–Kier alpha value is -1.26. The Bertz CT molecular complexity index is 495. The summed E-state index contributed by atoms with van der Waals surface area (Å²) in [5.41, 5.74) is 7.43. The van der Waals surface area contributed by atoms with E-state index in [0.29, 0.717) is 11.6 Å². The fraction of sp³-hybridized carbons (Fsp3) is 0.562. The van der Waals surface area contributed by atoms with Crippen LogP contribution in [0.25, 0.3) is 0 Å². The fourth-order valence-electron chi connectivity index (χ4n) is 2.05. The van der Waals surface area contributed by atoms with E-state index in [1.807, 2.05) is 36.9 Å². The summed E-state index contributed by atoms with van der Waals surface area (Å²) in [6.07, 6.45) is 0. The van der Waals surface area contributed by atoms with Crippen LogP contribution in [0.2, 0.25) is 5.02 Å². The number of nitrogens with zero attached hydrogens (tertiary/aromatic N) is 1. The molecule has 0 saturated carbocycles. The largest absolute Gasteiger partial charge is 0.368 e. The maximum absolute atomic E-state index is 11.3. The van der Waals surface area contributed by atoms with Gasteiger partial charge in [0.25, 0.3) is 0 Å². The van der Waals surface area contributed by atoms with Gasteiger partial charge in [-0.1, -0.05) is 11.6 Å². The number of carbonyl (C=O) groups excluding carboxylic acids is 1. The molecule has 0 aliphatic carbocycles. The lowest BCUT2D eigenvalue weighted by molar-refractivity contribution is -0.116. The summed E-state index contributed by atoms with van der Waals surface area (Å²) in [7, 11) is 0. The number of amides is 1. The van der Waals surface area contributed by atoms with Crippen molar-refractivity contribution < 1.29 is 4.79 Å². The van der Waals surface area contributed by atoms with Crippen molar-refractivity contribution in [2.75, 3.05) is 11.4 Å². The van der Waals surface area contributed by atoms with Crippen LogP contribution in [-0.4, -0.2) is 24.0 Å². The van der Waals surface area contributed by atoms with Gasteiger partial charge in [0.15, 0.2) is 0 Å². The molecular weight excluding hydrogens is 286 g/mol. The molecule has 0 saturated heterocycles. The molecule has 0 spiro atoms. The summed E-state index contributed by atoms with van der Waals surface area (Å²) in [4.78, 5) is 13.3. The molecule has 0 radical (unpaired) electrons. The summed E-state index contributed by atoms with van der Waals surface area (Å²) in [5, 5.41) is 4.14. The van der Waals surface area contributed by atoms with E-state index < -0.39 is 0 Å². The third-order valence-corrected chi connectivity index (χ3v) is 3.34. The predicted octanol–water partition coefficient (Wildman–Crippen LogP) is 2.93. The van der Waals surface area contributed by atoms with Gasteiger partial charge in [-0.2, -0.15) is 0 Å². The maximum atomic E-state index is 11.3. The monoisotopic (exact) mass is 311 g/mol. The molecule has 4 nitrogen and oxygen atoms in total. The van der Waals surface area contributed by atoms with E-state index >= 15 is 0 Å². The number of nitrogens with one attached hydrogen (secondary N) is 1. The average molecular weight is 312 g/mol. The highest BCUT2D eigenvalue weighted by Crippen LogP contribution is 2.26. The van der Waals surface area contributed by atoms with Gasteiger partial charge in [0.1, 0.15) is 0 Å². The number of primary amides is 1. The van der Waals surface area contributed by atoms with Gasteiger partial charge in [-0.25, -0.2) is 0 Å². The number of hydrogen-bond donors (Lipinski definition) is 2. The lowest BCUT2D eigenvalue weighted by Gasteiger charge is -2.31. The SMILES string of the molecule is CC(C)N(CC(N)=O)c1ccc(Cl)cc1CNC(C)(C)C. The first-order valence-electron chi connectivity index (χ1n) is 7.18. The van der Waals surface area contributed by atoms with E-state index in [2.05, 4.69) is 26.1 Å². The second-order valence-corrected chi connectivity index (χ2v) is 7.00. The first kappa shape index (κ1) is 17.8. The quantitative estimate of drug-likeness (QED) is 0.849. The minimum Gasteiger partial charge on any atom is -0.368 e. The highest BCUT2D eigenvalue weighted by Gasteiger charge is 2.18. The predicted molar refractivity (Wildman–Crippen MR) is 89.7 cm³/mol. The van der Waals surface area contributed by atoms with Crippen molar-refractivity contribution in [3.8, 4) is 0 Å². The van der Waals surface area contributed by atoms with Crippen LogP contribution in [0, 0.1) is 0 Å². The van der Waals surface area contributed by atoms with E-state index in [0.717, 1.165) is 11.3 Å². The molecule has 1 rings (SSSR count). The molecule has 0 unspecified atom stereocenters. The number of nitrogens with two attached hydrogens (primary N) is 1. The zero-order valence-corrected chi connectivity index (χ0v) is 14.3. The smallest absolute Gasteiger partial charge is 0.236 e. The Morgan fingerprint density at radius 1 is 1.38 bits per heavy atom. The van der Waals surface area contributed by atoms with Crippen LogP contribution in [0.5, 0.6) is 0 Å². The summed E-state index contributed by atoms with van der Waals surface area (Å²) in [6, 6.07) is 5.90. The van der Waals surface area contributed by atoms with Crippen LogP contribution in [0.1, 0.15) is 40.2 Å². The Kier molecular flexibility index (Phi) is 6.05. The Balaban J connectivity index is 3.11. The molecule has 0 aliphatic heterocycles. The molecule has 1 aromatic rings. The lowest BCUT2D eigenvalue weighted by Crippen LogP contribution is -2.40. The van der Waals surface area contributed by atoms with E-state index in [1.165, 1.54) is 0 Å². The van der Waals surface area contributed by atoms with Gasteiger partial charge in [0.2, 0.25) is 5.91 Å². The number of carbonyl (C=O) groups is 1. The van der Waals surface area contributed by atoms with E-state index in [9.17, 15) is 4.79 Å². The number of benzene rings is 1. The first-order chi connectivity index (χ1) is 9.60. The molecule has 3 N–H and O–H groups in total. The number of anilines is 1. The standard InChI is InChI=1S/C16H26ClN3O/c1-11(2)20(10-15(18)21)14-7-6-13(17)8-12(14)9-19-16(3,4)5/h6-8,11,19H,9-10H2,1-5H3,(H2,18,21). The zero-order chi connectivity index (χ0) is 16.2. The third kappa shape index (κ3) is 5.94. The van der Waals surface area contributed by atoms with Gasteiger partial charge in [-0.15, -0.1) is 0 Å². The molecule has 21 heavy (non-hydrogen) atoms. The van der Waals surface area contributed by atoms with Crippen LogP contribution < -0.4 is 16.0 Å². The van der Waals surface area contributed by atoms with E-state index in [4.69, 9.17) is 17.3 Å². The lowest BCUT2D eigenvalue weighted by atomic mass is 10.1. The van der Waals surface area contributed by atoms with Gasteiger partial charge < -0.3 is 16.0 Å². The first-order valence-corrected chi connectivity index (χ1v) is 7.56. The second kappa shape index (κ2) is 7.14. The van der Waals surface area contributed by atoms with Crippen LogP contribution >= 0.6 is 11.6 Å². The minimum absolute atomic E-state index is 0.00589. The molecule has 118 valence electrons. The molecule has 1 amide bonds. The Morgan fingerprint density at radius 2 is 2.00 bits per heavy atom. The molecule has 0 aromatic heterocycles. The van der Waals surface area contributed by atoms with E-state index in [-0.39, 0.29) is 24.0 Å². The summed E-state index contributed by atoms with van der Waals surface area (Å²) in [5.74, 6) is -0.339. The molecule has 0 bridgehead atoms. The van der Waals surface area contributed by atoms with Gasteiger partial charge in [-0.3, -0.25) is 4.79 Å². The highest BCUT2D eigenvalue weighted by atomic mass is 35.5. The molecule has 5 heteroatoms. The second-order valence-electron chi connectivity index (χ2n) is 6.56. The van der Waals surface area contributed by atoms with Gasteiger partial charge in [-0.05, 0) is 58.4 Å². The van der Waals surface area contributed by atoms with Crippen molar-refractivity contribution >= 4 is 23.2 Å². The van der Waals surface area contributed by atoms with Crippen molar-refractivity contribution in [1.82, 2.24) is 5.32 Å². The molecule has 0 fully saturated rings. The van der Waals surface area contributed by atoms with E-state index in [1.54, 1.807) is 0 Å². The van der Waals surface area contributed by atoms with Crippen molar-refractivity contribution in [3.63, 3.8) is 0 Å². The summed E-state index contributed by atoms with van der Waals surface area (Å²) >= 11 is 6.12. The van der Waals surface area contributed by atoms with Gasteiger partial charge in [0.05, 0.1) is 6.54 Å². The number of rotatable bonds is 6. The summed E-state index contributed by atoms with van der Waals surface area (Å²) < 4.78 is 0. The third-order valence-electron chi connectivity index (χ3n) is 3.11. The van der Waals surface area contributed by atoms with Crippen LogP contribution in [0.3, 0.4) is 0 Å². The average Bonchev–Trinajstić information content (AvgIpc) is 2.32. The zero-order valence-electron chi connectivity index (χ0n) is 13.5. The van der Waals surface area contributed by atoms with Crippen LogP contribution in [-0.2, 0) is 11.3 Å². The molecule has 0 atom stereocenters. The van der Waals surface area contributed by atoms with Gasteiger partial charge >= 0.3 is 0 Å². The van der Waals surface area contributed by atoms with Crippen LogP contribution in [0.4, 0.5) is 5.69 Å². The van der Waals surface area contributed by atoms with Crippen molar-refractivity contribution in [3.05, 3.63) is 28.8 Å². The van der Waals surface area contributed by atoms with Crippen molar-refractivity contribution in [1.29, 1.82) is 0 Å². The molecule has 0 heterocycles. The highest BCUT2D eigenvalue weighted by molar-refractivity contribution is 6.30. The fourth-order valence-corrected chi connectivity index (χ4v) is 2.24. The number of hydrogen-bond acceptors (Lipinski definition) is 3. The summed E-state index contributed by atoms with van der Waals surface area (Å²) in [6.45, 7) is 11.3. The minimum atomic E-state index is -0.339. The molecular formula is C16H26ClN3O. The number of halogens is 1. The van der Waals surface area contributed by atoms with Crippen molar-refractivity contribution in [2.45, 2.75) is 52.7 Å². The van der Waals surface area contributed by atoms with Gasteiger partial charge in [0, 0.05) is 28.8 Å². The normalized spacial score (nSPS) is 11.8. The van der Waals surface area contributed by atoms with Crippen LogP contribution in [0.15, 0.2) is 18.2 Å². The molecule has 1 aromatic carbocycles.